The van der Waals surface area contributed by atoms with Gasteiger partial charge in [-0.15, -0.1) is 0 Å². The van der Waals surface area contributed by atoms with Gasteiger partial charge in [-0.25, -0.2) is 0 Å². The van der Waals surface area contributed by atoms with Crippen molar-refractivity contribution in [1.82, 2.24) is 10.2 Å². The van der Waals surface area contributed by atoms with E-state index in [-0.39, 0.29) is 25.2 Å². The Balaban J connectivity index is 1.96. The Morgan fingerprint density at radius 1 is 1.06 bits per heavy atom. The third-order valence-electron chi connectivity index (χ3n) is 5.36. The molecule has 0 saturated carbocycles. The Morgan fingerprint density at radius 3 is 2.25 bits per heavy atom. The van der Waals surface area contributed by atoms with Crippen LogP contribution in [0.2, 0.25) is 0 Å². The first-order valence-electron chi connectivity index (χ1n) is 10.2. The van der Waals surface area contributed by atoms with Gasteiger partial charge >= 0.3 is 18.3 Å². The summed E-state index contributed by atoms with van der Waals surface area (Å²) in [6, 6.07) is 5.16. The molecule has 196 valence electrons. The molecule has 0 aliphatic carbocycles. The van der Waals surface area contributed by atoms with Crippen molar-refractivity contribution in [2.24, 2.45) is 0 Å². The molecule has 0 spiro atoms. The van der Waals surface area contributed by atoms with Crippen molar-refractivity contribution in [2.75, 3.05) is 26.2 Å². The summed E-state index contributed by atoms with van der Waals surface area (Å²) >= 11 is 0. The van der Waals surface area contributed by atoms with Crippen LogP contribution in [0.3, 0.4) is 0 Å². The molecule has 1 aliphatic heterocycles. The van der Waals surface area contributed by atoms with Crippen molar-refractivity contribution in [3.63, 3.8) is 0 Å². The largest absolute Gasteiger partial charge is 0.486 e. The lowest BCUT2D eigenvalue weighted by Crippen LogP contribution is -2.48. The fourth-order valence-corrected chi connectivity index (χ4v) is 3.47. The number of alkyl halides is 8. The topological polar surface area (TPSA) is 84.7 Å². The fourth-order valence-electron chi connectivity index (χ4n) is 3.47. The fraction of sp³-hybridized carbons (Fsp3) is 0.381. The zero-order valence-corrected chi connectivity index (χ0v) is 18.0. The lowest BCUT2D eigenvalue weighted by atomic mass is 10.00. The molecule has 15 heteroatoms. The molecule has 1 aliphatic rings. The average molecular weight is 527 g/mol. The first-order chi connectivity index (χ1) is 16.6. The number of nitrogens with one attached hydrogen (secondary N) is 1. The van der Waals surface area contributed by atoms with Gasteiger partial charge in [-0.05, 0) is 23.8 Å². The maximum Gasteiger partial charge on any atom is 0.456 e. The van der Waals surface area contributed by atoms with Crippen LogP contribution >= 0.6 is 0 Å². The normalized spacial score (nSPS) is 17.1. The Bertz CT molecular complexity index is 1120. The van der Waals surface area contributed by atoms with Crippen molar-refractivity contribution in [3.8, 4) is 5.75 Å². The summed E-state index contributed by atoms with van der Waals surface area (Å²) in [7, 11) is 0. The molecule has 1 unspecified atom stereocenters. The number of rotatable bonds is 6. The van der Waals surface area contributed by atoms with Crippen molar-refractivity contribution >= 4 is 11.6 Å². The van der Waals surface area contributed by atoms with Crippen LogP contribution in [0.1, 0.15) is 27.5 Å². The minimum absolute atomic E-state index is 0.0502. The van der Waals surface area contributed by atoms with Crippen molar-refractivity contribution in [1.29, 1.82) is 0 Å². The zero-order valence-electron chi connectivity index (χ0n) is 18.0. The van der Waals surface area contributed by atoms with Gasteiger partial charge in [0.2, 0.25) is 0 Å². The number of nitrogens with zero attached hydrogens (tertiary/aromatic N) is 2. The third-order valence-corrected chi connectivity index (χ3v) is 5.36. The highest BCUT2D eigenvalue weighted by atomic mass is 19.4. The lowest BCUT2D eigenvalue weighted by Gasteiger charge is -2.37. The van der Waals surface area contributed by atoms with Gasteiger partial charge in [-0.2, -0.15) is 35.1 Å². The van der Waals surface area contributed by atoms with E-state index in [4.69, 9.17) is 0 Å². The van der Waals surface area contributed by atoms with E-state index in [9.17, 15) is 50.0 Å². The molecule has 1 saturated heterocycles. The molecule has 0 radical (unpaired) electrons. The van der Waals surface area contributed by atoms with Crippen LogP contribution in [0.15, 0.2) is 42.5 Å². The molecule has 3 rings (SSSR count). The van der Waals surface area contributed by atoms with Gasteiger partial charge in [-0.3, -0.25) is 14.9 Å². The van der Waals surface area contributed by atoms with Crippen LogP contribution in [0.25, 0.3) is 0 Å². The number of hydrogen-bond donors (Lipinski definition) is 1. The quantitative estimate of drug-likeness (QED) is 0.326. The van der Waals surface area contributed by atoms with E-state index in [1.807, 2.05) is 0 Å². The lowest BCUT2D eigenvalue weighted by molar-refractivity contribution is -0.384. The number of halogens is 8. The highest BCUT2D eigenvalue weighted by molar-refractivity contribution is 5.98. The van der Waals surface area contributed by atoms with Crippen LogP contribution in [0.4, 0.5) is 40.8 Å². The number of ether oxygens (including phenoxy) is 1. The Labute approximate surface area is 197 Å². The van der Waals surface area contributed by atoms with Crippen LogP contribution in [0.5, 0.6) is 5.75 Å². The number of non-ortho nitro benzene ring substituents is 1. The monoisotopic (exact) mass is 527 g/mol. The smallest absolute Gasteiger partial charge is 0.456 e. The first-order valence-corrected chi connectivity index (χ1v) is 10.2. The highest BCUT2D eigenvalue weighted by Gasteiger charge is 2.58. The second-order valence-electron chi connectivity index (χ2n) is 7.77. The standard InChI is InChI=1S/C21H17F8N3O4/c22-19(23,21(27,28)29)11-36-17-6-5-14(32(34)35)9-15(17)18(33)31-8-7-30-10-16(31)12-1-3-13(4-2-12)20(24,25)26/h1-6,9,16,30H,7-8,10-11H2. The molecule has 0 bridgehead atoms. The van der Waals surface area contributed by atoms with Gasteiger partial charge in [0.25, 0.3) is 11.6 Å². The number of nitro benzene ring substituents is 1. The summed E-state index contributed by atoms with van der Waals surface area (Å²) < 4.78 is 108. The number of carbonyl (C=O) groups excluding carboxylic acids is 1. The third kappa shape index (κ3) is 5.83. The maximum absolute atomic E-state index is 13.4. The molecule has 7 nitrogen and oxygen atoms in total. The molecular formula is C21H17F8N3O4. The van der Waals surface area contributed by atoms with Crippen LogP contribution in [-0.4, -0.2) is 54.1 Å². The van der Waals surface area contributed by atoms with Gasteiger partial charge in [0.05, 0.1) is 22.1 Å². The summed E-state index contributed by atoms with van der Waals surface area (Å²) in [6.07, 6.45) is -10.5. The second kappa shape index (κ2) is 9.87. The zero-order chi connectivity index (χ0) is 26.9. The molecule has 1 fully saturated rings. The van der Waals surface area contributed by atoms with Gasteiger partial charge < -0.3 is 15.0 Å². The van der Waals surface area contributed by atoms with Crippen molar-refractivity contribution < 1.29 is 49.6 Å². The van der Waals surface area contributed by atoms with Gasteiger partial charge in [-0.1, -0.05) is 12.1 Å². The van der Waals surface area contributed by atoms with E-state index >= 15 is 0 Å². The Hall–Kier alpha value is -3.49. The minimum atomic E-state index is -5.94. The van der Waals surface area contributed by atoms with Crippen LogP contribution in [-0.2, 0) is 6.18 Å². The number of amides is 1. The Morgan fingerprint density at radius 2 is 1.69 bits per heavy atom. The molecule has 1 amide bonds. The molecule has 2 aromatic rings. The summed E-state index contributed by atoms with van der Waals surface area (Å²) in [5.41, 5.74) is -1.98. The summed E-state index contributed by atoms with van der Waals surface area (Å²) in [5, 5.41) is 14.1. The van der Waals surface area contributed by atoms with Crippen molar-refractivity contribution in [3.05, 3.63) is 69.3 Å². The van der Waals surface area contributed by atoms with Crippen LogP contribution < -0.4 is 10.1 Å². The molecule has 0 aromatic heterocycles. The molecular weight excluding hydrogens is 510 g/mol. The average Bonchev–Trinajstić information content (AvgIpc) is 2.81. The van der Waals surface area contributed by atoms with E-state index in [0.717, 1.165) is 41.3 Å². The van der Waals surface area contributed by atoms with E-state index < -0.39 is 64.3 Å². The Kier molecular flexibility index (Phi) is 7.43. The van der Waals surface area contributed by atoms with Crippen molar-refractivity contribution in [2.45, 2.75) is 24.3 Å². The summed E-state index contributed by atoms with van der Waals surface area (Å²) in [6.45, 7) is -1.96. The predicted molar refractivity (Wildman–Crippen MR) is 108 cm³/mol. The highest BCUT2D eigenvalue weighted by Crippen LogP contribution is 2.37. The van der Waals surface area contributed by atoms with E-state index in [0.29, 0.717) is 6.07 Å². The number of benzene rings is 2. The predicted octanol–water partition coefficient (Wildman–Crippen LogP) is 4.98. The van der Waals surface area contributed by atoms with Gasteiger partial charge in [0.15, 0.2) is 6.61 Å². The molecule has 1 heterocycles. The second-order valence-corrected chi connectivity index (χ2v) is 7.77. The summed E-state index contributed by atoms with van der Waals surface area (Å²) in [5.74, 6) is -7.03. The van der Waals surface area contributed by atoms with E-state index in [1.54, 1.807) is 0 Å². The summed E-state index contributed by atoms with van der Waals surface area (Å²) in [4.78, 5) is 24.7. The first kappa shape index (κ1) is 27.1. The number of carbonyl (C=O) groups is 1. The van der Waals surface area contributed by atoms with Gasteiger partial charge in [0, 0.05) is 31.8 Å². The molecule has 1 atom stereocenters. The van der Waals surface area contributed by atoms with E-state index in [1.165, 1.54) is 0 Å². The number of piperazine rings is 1. The minimum Gasteiger partial charge on any atom is -0.486 e. The SMILES string of the molecule is O=C(c1cc([N+](=O)[O-])ccc1OCC(F)(F)C(F)(F)F)N1CCNCC1c1ccc(C(F)(F)F)cc1. The van der Waals surface area contributed by atoms with E-state index in [2.05, 4.69) is 10.1 Å². The molecule has 36 heavy (non-hydrogen) atoms. The van der Waals surface area contributed by atoms with Crippen LogP contribution in [0, 0.1) is 10.1 Å². The molecule has 1 N–H and O–H groups in total. The maximum atomic E-state index is 13.4. The van der Waals surface area contributed by atoms with Gasteiger partial charge in [0.1, 0.15) is 5.75 Å². The number of hydrogen-bond acceptors (Lipinski definition) is 5. The number of nitro groups is 1. The molecule has 2 aromatic carbocycles.